The van der Waals surface area contributed by atoms with Gasteiger partial charge in [0, 0.05) is 23.2 Å². The fraction of sp³-hybridized carbons (Fsp3) is 0.143. The summed E-state index contributed by atoms with van der Waals surface area (Å²) >= 11 is 0. The summed E-state index contributed by atoms with van der Waals surface area (Å²) in [6.45, 7) is 2.01. The quantitative estimate of drug-likeness (QED) is 0.314. The first kappa shape index (κ1) is 22.1. The summed E-state index contributed by atoms with van der Waals surface area (Å²) in [7, 11) is 0. The van der Waals surface area contributed by atoms with Gasteiger partial charge in [-0.3, -0.25) is 14.5 Å². The third kappa shape index (κ3) is 4.06. The number of hydrogen-bond donors (Lipinski definition) is 0. The molecule has 0 atom stereocenters. The molecule has 2 aliphatic rings. The molecule has 172 valence electrons. The molecule has 3 heterocycles. The largest absolute Gasteiger partial charge is 0.457 e. The maximum atomic E-state index is 13.3. The van der Waals surface area contributed by atoms with Gasteiger partial charge in [0.15, 0.2) is 0 Å². The zero-order valence-corrected chi connectivity index (χ0v) is 18.9. The monoisotopic (exact) mass is 464 g/mol. The molecule has 5 rings (SSSR count). The van der Waals surface area contributed by atoms with E-state index in [9.17, 15) is 19.6 Å². The first-order chi connectivity index (χ1) is 17.0. The predicted octanol–water partition coefficient (Wildman–Crippen LogP) is 4.45. The molecule has 2 aromatic carbocycles. The van der Waals surface area contributed by atoms with Crippen molar-refractivity contribution in [1.29, 1.82) is 5.26 Å². The lowest BCUT2D eigenvalue weighted by Gasteiger charge is -2.27. The minimum Gasteiger partial charge on any atom is -0.457 e. The standard InChI is InChI=1S/C28H20N2O5/c1-17-22(26(31)30(27(32)24(17)15-29)12-11-18-5-3-2-4-6-18)14-21-9-10-25(35-21)19-7-8-20-16-34-28(33)23(20)13-19/h2-10,13-14H,11-12,16H2,1H3/b22-14-. The van der Waals surface area contributed by atoms with E-state index in [1.54, 1.807) is 31.2 Å². The third-order valence-electron chi connectivity index (χ3n) is 6.18. The van der Waals surface area contributed by atoms with Crippen molar-refractivity contribution in [2.45, 2.75) is 20.0 Å². The Balaban J connectivity index is 1.45. The Morgan fingerprint density at radius 2 is 1.83 bits per heavy atom. The molecule has 35 heavy (non-hydrogen) atoms. The van der Waals surface area contributed by atoms with E-state index in [0.29, 0.717) is 34.6 Å². The number of esters is 1. The number of hydrogen-bond acceptors (Lipinski definition) is 6. The van der Waals surface area contributed by atoms with Crippen LogP contribution in [0.5, 0.6) is 0 Å². The normalized spacial score (nSPS) is 16.5. The van der Waals surface area contributed by atoms with E-state index < -0.39 is 11.8 Å². The van der Waals surface area contributed by atoms with Crippen molar-refractivity contribution in [3.63, 3.8) is 0 Å². The maximum absolute atomic E-state index is 13.3. The molecule has 0 saturated heterocycles. The van der Waals surface area contributed by atoms with Crippen LogP contribution in [0.3, 0.4) is 0 Å². The van der Waals surface area contributed by atoms with Gasteiger partial charge in [-0.2, -0.15) is 5.26 Å². The minimum absolute atomic E-state index is 0.0622. The van der Waals surface area contributed by atoms with Gasteiger partial charge in [0.2, 0.25) is 0 Å². The molecule has 0 fully saturated rings. The minimum atomic E-state index is -0.590. The smallest absolute Gasteiger partial charge is 0.338 e. The molecule has 0 saturated carbocycles. The van der Waals surface area contributed by atoms with Crippen LogP contribution in [0.25, 0.3) is 17.4 Å². The van der Waals surface area contributed by atoms with Crippen LogP contribution in [0.15, 0.2) is 81.8 Å². The number of furan rings is 1. The summed E-state index contributed by atoms with van der Waals surface area (Å²) in [5.74, 6) is -0.523. The van der Waals surface area contributed by atoms with Crippen molar-refractivity contribution in [2.24, 2.45) is 0 Å². The molecule has 0 unspecified atom stereocenters. The van der Waals surface area contributed by atoms with E-state index in [2.05, 4.69) is 0 Å². The Kier molecular flexibility index (Phi) is 5.63. The number of carbonyl (C=O) groups excluding carboxylic acids is 3. The Morgan fingerprint density at radius 1 is 1.03 bits per heavy atom. The lowest BCUT2D eigenvalue weighted by molar-refractivity contribution is -0.140. The number of fused-ring (bicyclic) bond motifs is 1. The number of amides is 2. The number of rotatable bonds is 5. The van der Waals surface area contributed by atoms with Gasteiger partial charge in [0.1, 0.15) is 29.8 Å². The van der Waals surface area contributed by atoms with Crippen LogP contribution >= 0.6 is 0 Å². The Hall–Kier alpha value is -4.70. The molecule has 2 amide bonds. The van der Waals surface area contributed by atoms with Gasteiger partial charge in [-0.25, -0.2) is 4.79 Å². The molecule has 3 aromatic rings. The second-order valence-corrected chi connectivity index (χ2v) is 8.32. The van der Waals surface area contributed by atoms with Crippen LogP contribution in [-0.4, -0.2) is 29.2 Å². The van der Waals surface area contributed by atoms with E-state index >= 15 is 0 Å². The van der Waals surface area contributed by atoms with Gasteiger partial charge in [-0.15, -0.1) is 0 Å². The molecule has 0 spiro atoms. The van der Waals surface area contributed by atoms with Crippen molar-refractivity contribution in [3.8, 4) is 17.4 Å². The highest BCUT2D eigenvalue weighted by Gasteiger charge is 2.35. The van der Waals surface area contributed by atoms with Crippen LogP contribution in [0.1, 0.15) is 34.2 Å². The van der Waals surface area contributed by atoms with E-state index in [-0.39, 0.29) is 30.3 Å². The van der Waals surface area contributed by atoms with E-state index in [1.165, 1.54) is 0 Å². The summed E-state index contributed by atoms with van der Waals surface area (Å²) in [5, 5.41) is 9.60. The first-order valence-electron chi connectivity index (χ1n) is 11.1. The predicted molar refractivity (Wildman–Crippen MR) is 126 cm³/mol. The molecule has 0 bridgehead atoms. The maximum Gasteiger partial charge on any atom is 0.338 e. The number of carbonyl (C=O) groups is 3. The van der Waals surface area contributed by atoms with E-state index in [1.807, 2.05) is 48.5 Å². The average molecular weight is 464 g/mol. The van der Waals surface area contributed by atoms with Crippen LogP contribution < -0.4 is 0 Å². The molecular formula is C28H20N2O5. The van der Waals surface area contributed by atoms with Crippen molar-refractivity contribution in [1.82, 2.24) is 4.90 Å². The first-order valence-corrected chi connectivity index (χ1v) is 11.1. The summed E-state index contributed by atoms with van der Waals surface area (Å²) in [6.07, 6.45) is 2.02. The molecule has 0 N–H and O–H groups in total. The fourth-order valence-electron chi connectivity index (χ4n) is 4.21. The summed E-state index contributed by atoms with van der Waals surface area (Å²) in [6, 6.07) is 20.3. The third-order valence-corrected chi connectivity index (χ3v) is 6.18. The van der Waals surface area contributed by atoms with E-state index in [4.69, 9.17) is 9.15 Å². The highest BCUT2D eigenvalue weighted by Crippen LogP contribution is 2.31. The van der Waals surface area contributed by atoms with Crippen molar-refractivity contribution >= 4 is 23.9 Å². The highest BCUT2D eigenvalue weighted by molar-refractivity contribution is 6.19. The Morgan fingerprint density at radius 3 is 2.60 bits per heavy atom. The Bertz CT molecular complexity index is 1470. The molecule has 0 aliphatic carbocycles. The summed E-state index contributed by atoms with van der Waals surface area (Å²) in [5.41, 5.74) is 3.50. The molecule has 2 aliphatic heterocycles. The van der Waals surface area contributed by atoms with Crippen LogP contribution in [0, 0.1) is 11.3 Å². The van der Waals surface area contributed by atoms with Crippen LogP contribution in [0.2, 0.25) is 0 Å². The number of ether oxygens (including phenoxy) is 1. The number of cyclic esters (lactones) is 1. The molecule has 1 aromatic heterocycles. The number of nitrogens with zero attached hydrogens (tertiary/aromatic N) is 2. The second-order valence-electron chi connectivity index (χ2n) is 8.32. The fourth-order valence-corrected chi connectivity index (χ4v) is 4.21. The van der Waals surface area contributed by atoms with Gasteiger partial charge < -0.3 is 9.15 Å². The zero-order chi connectivity index (χ0) is 24.5. The highest BCUT2D eigenvalue weighted by atomic mass is 16.5. The Labute approximate surface area is 201 Å². The lowest BCUT2D eigenvalue weighted by atomic mass is 9.94. The zero-order valence-electron chi connectivity index (χ0n) is 18.9. The van der Waals surface area contributed by atoms with Gasteiger partial charge >= 0.3 is 5.97 Å². The number of nitriles is 1. The average Bonchev–Trinajstić information content (AvgIpc) is 3.49. The van der Waals surface area contributed by atoms with Gasteiger partial charge in [-0.1, -0.05) is 42.5 Å². The number of imide groups is 1. The van der Waals surface area contributed by atoms with Crippen molar-refractivity contribution < 1.29 is 23.5 Å². The molecular weight excluding hydrogens is 444 g/mol. The SMILES string of the molecule is CC1=C(C#N)C(=O)N(CCc2ccccc2)C(=O)/C1=C\c1ccc(-c2ccc3c(c2)C(=O)OC3)o1. The second kappa shape index (κ2) is 8.92. The summed E-state index contributed by atoms with van der Waals surface area (Å²) < 4.78 is 11.0. The van der Waals surface area contributed by atoms with Crippen molar-refractivity contribution in [2.75, 3.05) is 6.54 Å². The lowest BCUT2D eigenvalue weighted by Crippen LogP contribution is -2.43. The topological polar surface area (TPSA) is 101 Å². The van der Waals surface area contributed by atoms with Crippen LogP contribution in [-0.2, 0) is 27.4 Å². The molecule has 7 heteroatoms. The van der Waals surface area contributed by atoms with E-state index in [0.717, 1.165) is 16.0 Å². The summed E-state index contributed by atoms with van der Waals surface area (Å²) in [4.78, 5) is 39.1. The molecule has 7 nitrogen and oxygen atoms in total. The molecule has 0 radical (unpaired) electrons. The van der Waals surface area contributed by atoms with Crippen LogP contribution in [0.4, 0.5) is 0 Å². The van der Waals surface area contributed by atoms with Gasteiger partial charge in [0.05, 0.1) is 5.56 Å². The van der Waals surface area contributed by atoms with Crippen molar-refractivity contribution in [3.05, 3.63) is 99.8 Å². The van der Waals surface area contributed by atoms with Gasteiger partial charge in [0.25, 0.3) is 11.8 Å². The number of benzene rings is 2. The van der Waals surface area contributed by atoms with Gasteiger partial charge in [-0.05, 0) is 48.8 Å².